The molecule has 2 saturated heterocycles. The van der Waals surface area contributed by atoms with E-state index in [0.717, 1.165) is 5.56 Å². The highest BCUT2D eigenvalue weighted by Gasteiger charge is 2.68. The maximum atomic E-state index is 13.7. The number of fused-ring (bicyclic) bond motifs is 1. The van der Waals surface area contributed by atoms with Crippen LogP contribution in [0, 0.1) is 11.8 Å². The summed E-state index contributed by atoms with van der Waals surface area (Å²) < 4.78 is 7.63. The van der Waals surface area contributed by atoms with Crippen LogP contribution in [-0.4, -0.2) is 60.3 Å². The maximum absolute atomic E-state index is 13.7. The lowest BCUT2D eigenvalue weighted by molar-refractivity contribution is -0.148. The molecule has 6 rings (SSSR count). The van der Waals surface area contributed by atoms with Gasteiger partial charge in [-0.25, -0.2) is 0 Å². The first-order valence-electron chi connectivity index (χ1n) is 10.5. The molecular formula is C23H18ClN5O4. The Kier molecular flexibility index (Phi) is 4.40. The Morgan fingerprint density at radius 1 is 1.18 bits per heavy atom. The van der Waals surface area contributed by atoms with Gasteiger partial charge in [0.25, 0.3) is 0 Å². The van der Waals surface area contributed by atoms with Gasteiger partial charge < -0.3 is 14.7 Å². The highest BCUT2D eigenvalue weighted by molar-refractivity contribution is 6.30. The van der Waals surface area contributed by atoms with E-state index in [2.05, 4.69) is 15.5 Å². The second kappa shape index (κ2) is 7.23. The third kappa shape index (κ3) is 2.93. The van der Waals surface area contributed by atoms with E-state index in [1.165, 1.54) is 0 Å². The number of ether oxygens (including phenoxy) is 1. The van der Waals surface area contributed by atoms with Crippen molar-refractivity contribution in [3.8, 4) is 5.69 Å². The van der Waals surface area contributed by atoms with Crippen molar-refractivity contribution < 1.29 is 19.4 Å². The molecule has 1 aromatic heterocycles. The highest BCUT2D eigenvalue weighted by atomic mass is 35.5. The quantitative estimate of drug-likeness (QED) is 0.578. The zero-order valence-corrected chi connectivity index (χ0v) is 17.9. The number of carboxylic acids is 1. The third-order valence-electron chi connectivity index (χ3n) is 6.65. The van der Waals surface area contributed by atoms with E-state index in [4.69, 9.17) is 16.3 Å². The van der Waals surface area contributed by atoms with Crippen molar-refractivity contribution in [3.63, 3.8) is 0 Å². The number of tetrazole rings is 1. The molecule has 166 valence electrons. The van der Waals surface area contributed by atoms with Gasteiger partial charge in [0, 0.05) is 5.02 Å². The van der Waals surface area contributed by atoms with Gasteiger partial charge >= 0.3 is 5.97 Å². The molecule has 0 aliphatic carbocycles. The fourth-order valence-electron chi connectivity index (χ4n) is 5.26. The number of rotatable bonds is 5. The fourth-order valence-corrected chi connectivity index (χ4v) is 5.39. The molecule has 1 N–H and O–H groups in total. The maximum Gasteiger partial charge on any atom is 0.310 e. The molecule has 3 aliphatic heterocycles. The van der Waals surface area contributed by atoms with Crippen molar-refractivity contribution in [2.75, 3.05) is 6.54 Å². The van der Waals surface area contributed by atoms with Crippen molar-refractivity contribution in [1.29, 1.82) is 0 Å². The van der Waals surface area contributed by atoms with Crippen LogP contribution in [0.3, 0.4) is 0 Å². The Morgan fingerprint density at radius 3 is 2.67 bits per heavy atom. The van der Waals surface area contributed by atoms with E-state index in [1.807, 2.05) is 36.4 Å². The molecule has 0 saturated carbocycles. The summed E-state index contributed by atoms with van der Waals surface area (Å²) >= 11 is 6.04. The number of hydrogen-bond donors (Lipinski definition) is 1. The van der Waals surface area contributed by atoms with Crippen molar-refractivity contribution >= 4 is 23.5 Å². The van der Waals surface area contributed by atoms with Crippen molar-refractivity contribution in [3.05, 3.63) is 83.2 Å². The zero-order chi connectivity index (χ0) is 22.7. The van der Waals surface area contributed by atoms with Gasteiger partial charge in [0.2, 0.25) is 5.91 Å². The zero-order valence-electron chi connectivity index (χ0n) is 17.2. The summed E-state index contributed by atoms with van der Waals surface area (Å²) in [5, 5.41) is 22.7. The largest absolute Gasteiger partial charge is 0.481 e. The molecule has 5 atom stereocenters. The summed E-state index contributed by atoms with van der Waals surface area (Å²) in [5.41, 5.74) is 0.527. The normalized spacial score (nSPS) is 28.3. The lowest BCUT2D eigenvalue weighted by Gasteiger charge is -2.29. The lowest BCUT2D eigenvalue weighted by Crippen LogP contribution is -2.39. The minimum absolute atomic E-state index is 0.209. The first-order chi connectivity index (χ1) is 16.0. The minimum atomic E-state index is -1.03. The fraction of sp³-hybridized carbons (Fsp3) is 0.261. The molecule has 33 heavy (non-hydrogen) atoms. The van der Waals surface area contributed by atoms with Crippen molar-refractivity contribution in [1.82, 2.24) is 25.1 Å². The Balaban J connectivity index is 1.47. The molecule has 2 bridgehead atoms. The van der Waals surface area contributed by atoms with Crippen LogP contribution in [0.15, 0.2) is 66.7 Å². The molecule has 3 aromatic rings. The molecule has 2 fully saturated rings. The first-order valence-corrected chi connectivity index (χ1v) is 10.9. The molecule has 1 spiro atoms. The summed E-state index contributed by atoms with van der Waals surface area (Å²) in [7, 11) is 0. The third-order valence-corrected chi connectivity index (χ3v) is 6.90. The predicted molar refractivity (Wildman–Crippen MR) is 116 cm³/mol. The Labute approximate surface area is 193 Å². The Hall–Kier alpha value is -3.56. The molecule has 1 amide bonds. The molecule has 4 heterocycles. The van der Waals surface area contributed by atoms with Crippen LogP contribution in [-0.2, 0) is 14.3 Å². The number of amides is 1. The molecule has 9 nitrogen and oxygen atoms in total. The molecule has 0 radical (unpaired) electrons. The highest BCUT2D eigenvalue weighted by Crippen LogP contribution is 2.53. The van der Waals surface area contributed by atoms with Crippen LogP contribution in [0.5, 0.6) is 0 Å². The minimum Gasteiger partial charge on any atom is -0.481 e. The standard InChI is InChI=1S/C23H18ClN5O4/c24-14-6-8-15(9-7-14)29-20(25-26-27-29)19(13-4-2-1-3-5-13)28-12-23-11-10-16(33-23)17(22(31)32)18(23)21(28)30/h1-11,16-19H,12H2,(H,31,32)/t16-,17-,18-,19+,23+/m1/s1. The molecule has 3 aliphatic rings. The summed E-state index contributed by atoms with van der Waals surface area (Å²) in [5.74, 6) is -2.60. The smallest absolute Gasteiger partial charge is 0.310 e. The molecule has 0 unspecified atom stereocenters. The monoisotopic (exact) mass is 463 g/mol. The second-order valence-electron chi connectivity index (χ2n) is 8.44. The van der Waals surface area contributed by atoms with E-state index in [1.54, 1.807) is 39.9 Å². The number of aromatic nitrogens is 4. The van der Waals surface area contributed by atoms with Gasteiger partial charge in [0.15, 0.2) is 5.82 Å². The number of aliphatic carboxylic acids is 1. The van der Waals surface area contributed by atoms with Crippen LogP contribution >= 0.6 is 11.6 Å². The molecule has 2 aromatic carbocycles. The van der Waals surface area contributed by atoms with E-state index in [0.29, 0.717) is 16.5 Å². The summed E-state index contributed by atoms with van der Waals surface area (Å²) in [6.45, 7) is 0.209. The van der Waals surface area contributed by atoms with Crippen LogP contribution in [0.1, 0.15) is 17.4 Å². The number of carbonyl (C=O) groups excluding carboxylic acids is 1. The van der Waals surface area contributed by atoms with E-state index < -0.39 is 35.6 Å². The van der Waals surface area contributed by atoms with Gasteiger partial charge in [-0.3, -0.25) is 9.59 Å². The average Bonchev–Trinajstić information content (AvgIpc) is 3.57. The number of benzene rings is 2. The lowest BCUT2D eigenvalue weighted by atomic mass is 9.77. The van der Waals surface area contributed by atoms with Crippen LogP contribution in [0.4, 0.5) is 0 Å². The van der Waals surface area contributed by atoms with Gasteiger partial charge in [-0.15, -0.1) is 5.10 Å². The van der Waals surface area contributed by atoms with Crippen molar-refractivity contribution in [2.24, 2.45) is 11.8 Å². The average molecular weight is 464 g/mol. The summed E-state index contributed by atoms with van der Waals surface area (Å²) in [6, 6.07) is 15.8. The van der Waals surface area contributed by atoms with E-state index in [9.17, 15) is 14.7 Å². The number of carbonyl (C=O) groups is 2. The van der Waals surface area contributed by atoms with Gasteiger partial charge in [0.05, 0.1) is 24.3 Å². The van der Waals surface area contributed by atoms with Crippen LogP contribution in [0.25, 0.3) is 5.69 Å². The van der Waals surface area contributed by atoms with E-state index >= 15 is 0 Å². The number of likely N-dealkylation sites (tertiary alicyclic amines) is 1. The summed E-state index contributed by atoms with van der Waals surface area (Å²) in [6.07, 6.45) is 3.00. The topological polar surface area (TPSA) is 110 Å². The molecular weight excluding hydrogens is 446 g/mol. The number of hydrogen-bond acceptors (Lipinski definition) is 6. The molecule has 10 heteroatoms. The second-order valence-corrected chi connectivity index (χ2v) is 8.88. The van der Waals surface area contributed by atoms with Gasteiger partial charge in [-0.05, 0) is 40.3 Å². The van der Waals surface area contributed by atoms with E-state index in [-0.39, 0.29) is 12.5 Å². The van der Waals surface area contributed by atoms with Crippen LogP contribution in [0.2, 0.25) is 5.02 Å². The van der Waals surface area contributed by atoms with Crippen LogP contribution < -0.4 is 0 Å². The Bertz CT molecular complexity index is 1280. The number of halogens is 1. The predicted octanol–water partition coefficient (Wildman–Crippen LogP) is 2.27. The summed E-state index contributed by atoms with van der Waals surface area (Å²) in [4.78, 5) is 27.4. The first kappa shape index (κ1) is 20.1. The van der Waals surface area contributed by atoms with Gasteiger partial charge in [-0.1, -0.05) is 54.1 Å². The SMILES string of the molecule is O=C(O)[C@@H]1[C@H]2C=C[C@@]3(CN([C@@H](c4ccccc4)c4nnnn4-c4ccc(Cl)cc4)C(=O)[C@@H]13)O2. The number of carboxylic acid groups (broad SMARTS) is 1. The van der Waals surface area contributed by atoms with Gasteiger partial charge in [-0.2, -0.15) is 4.68 Å². The number of nitrogens with zero attached hydrogens (tertiary/aromatic N) is 5. The van der Waals surface area contributed by atoms with Gasteiger partial charge in [0.1, 0.15) is 17.6 Å². The Morgan fingerprint density at radius 2 is 1.94 bits per heavy atom. The van der Waals surface area contributed by atoms with Crippen molar-refractivity contribution in [2.45, 2.75) is 17.7 Å².